The number of aliphatic carboxylic acids is 1. The highest BCUT2D eigenvalue weighted by Gasteiger charge is 2.06. The van der Waals surface area contributed by atoms with Gasteiger partial charge in [0.05, 0.1) is 18.1 Å². The topological polar surface area (TPSA) is 95.5 Å². The van der Waals surface area contributed by atoms with Crippen molar-refractivity contribution in [1.29, 1.82) is 0 Å². The highest BCUT2D eigenvalue weighted by atomic mass is 16.5. The minimum absolute atomic E-state index is 0.353. The van der Waals surface area contributed by atoms with Crippen molar-refractivity contribution in [2.24, 2.45) is 0 Å². The Kier molecular flexibility index (Phi) is 5.96. The SMILES string of the molecule is CCCOC(=O)c1ccc(NC(=O)/C=C/C(=O)[O-])cc1. The van der Waals surface area contributed by atoms with Crippen LogP contribution >= 0.6 is 0 Å². The number of nitrogens with one attached hydrogen (secondary N) is 1. The van der Waals surface area contributed by atoms with Crippen LogP contribution in [0.5, 0.6) is 0 Å². The number of hydrogen-bond acceptors (Lipinski definition) is 5. The van der Waals surface area contributed by atoms with Crippen LogP contribution < -0.4 is 10.4 Å². The van der Waals surface area contributed by atoms with Crippen molar-refractivity contribution in [3.63, 3.8) is 0 Å². The van der Waals surface area contributed by atoms with Crippen molar-refractivity contribution < 1.29 is 24.2 Å². The van der Waals surface area contributed by atoms with Crippen molar-refractivity contribution >= 4 is 23.5 Å². The number of anilines is 1. The van der Waals surface area contributed by atoms with Gasteiger partial charge in [-0.3, -0.25) is 4.79 Å². The molecule has 0 atom stereocenters. The molecule has 0 saturated carbocycles. The summed E-state index contributed by atoms with van der Waals surface area (Å²) in [5.41, 5.74) is 0.812. The minimum atomic E-state index is -1.45. The Balaban J connectivity index is 2.60. The zero-order valence-corrected chi connectivity index (χ0v) is 10.9. The van der Waals surface area contributed by atoms with Gasteiger partial charge in [-0.25, -0.2) is 4.79 Å². The molecule has 0 aliphatic carbocycles. The second kappa shape index (κ2) is 7.73. The molecular weight excluding hydrogens is 262 g/mol. The standard InChI is InChI=1S/C14H15NO5/c1-2-9-20-14(19)10-3-5-11(6-4-10)15-12(16)7-8-13(17)18/h3-8H,2,9H2,1H3,(H,15,16)(H,17,18)/p-1/b8-7+. The zero-order chi connectivity index (χ0) is 15.0. The van der Waals surface area contributed by atoms with Gasteiger partial charge >= 0.3 is 5.97 Å². The van der Waals surface area contributed by atoms with E-state index < -0.39 is 17.8 Å². The number of benzene rings is 1. The Hall–Kier alpha value is -2.63. The molecule has 0 aliphatic heterocycles. The fourth-order valence-electron chi connectivity index (χ4n) is 1.30. The first kappa shape index (κ1) is 15.4. The van der Waals surface area contributed by atoms with Gasteiger partial charge < -0.3 is 20.0 Å². The molecule has 0 heterocycles. The number of hydrogen-bond donors (Lipinski definition) is 1. The largest absolute Gasteiger partial charge is 0.545 e. The van der Waals surface area contributed by atoms with E-state index in [1.807, 2.05) is 6.92 Å². The first-order valence-electron chi connectivity index (χ1n) is 6.00. The predicted molar refractivity (Wildman–Crippen MR) is 69.8 cm³/mol. The summed E-state index contributed by atoms with van der Waals surface area (Å²) >= 11 is 0. The number of carbonyl (C=O) groups is 3. The fourth-order valence-corrected chi connectivity index (χ4v) is 1.30. The second-order valence-corrected chi connectivity index (χ2v) is 3.85. The number of carboxylic acid groups (broad SMARTS) is 1. The average Bonchev–Trinajstić information content (AvgIpc) is 2.43. The summed E-state index contributed by atoms with van der Waals surface area (Å²) in [5.74, 6) is -2.48. The summed E-state index contributed by atoms with van der Waals surface area (Å²) in [6.45, 7) is 2.25. The van der Waals surface area contributed by atoms with E-state index in [0.717, 1.165) is 12.5 Å². The lowest BCUT2D eigenvalue weighted by Gasteiger charge is -2.05. The highest BCUT2D eigenvalue weighted by Crippen LogP contribution is 2.10. The molecule has 20 heavy (non-hydrogen) atoms. The number of ether oxygens (including phenoxy) is 1. The van der Waals surface area contributed by atoms with Crippen LogP contribution in [0.3, 0.4) is 0 Å². The molecular formula is C14H14NO5-. The molecule has 6 nitrogen and oxygen atoms in total. The maximum atomic E-state index is 11.5. The zero-order valence-electron chi connectivity index (χ0n) is 10.9. The van der Waals surface area contributed by atoms with Crippen LogP contribution in [-0.2, 0) is 14.3 Å². The van der Waals surface area contributed by atoms with Gasteiger partial charge in [0.1, 0.15) is 0 Å². The minimum Gasteiger partial charge on any atom is -0.545 e. The van der Waals surface area contributed by atoms with E-state index in [-0.39, 0.29) is 0 Å². The van der Waals surface area contributed by atoms with Crippen LogP contribution in [0.2, 0.25) is 0 Å². The number of carbonyl (C=O) groups excluding carboxylic acids is 3. The van der Waals surface area contributed by atoms with Crippen molar-refractivity contribution in [2.45, 2.75) is 13.3 Å². The van der Waals surface area contributed by atoms with Gasteiger partial charge in [-0.05, 0) is 36.8 Å². The summed E-state index contributed by atoms with van der Waals surface area (Å²) in [6, 6.07) is 6.06. The molecule has 1 aromatic rings. The second-order valence-electron chi connectivity index (χ2n) is 3.85. The molecule has 0 radical (unpaired) electrons. The molecule has 6 heteroatoms. The number of rotatable bonds is 6. The molecule has 1 aromatic carbocycles. The van der Waals surface area contributed by atoms with Crippen LogP contribution in [0.25, 0.3) is 0 Å². The third kappa shape index (κ3) is 5.34. The van der Waals surface area contributed by atoms with Gasteiger partial charge in [-0.1, -0.05) is 6.92 Å². The van der Waals surface area contributed by atoms with Gasteiger partial charge in [-0.2, -0.15) is 0 Å². The summed E-state index contributed by atoms with van der Waals surface area (Å²) in [7, 11) is 0. The van der Waals surface area contributed by atoms with E-state index in [9.17, 15) is 19.5 Å². The Morgan fingerprint density at radius 1 is 1.20 bits per heavy atom. The molecule has 0 aromatic heterocycles. The lowest BCUT2D eigenvalue weighted by molar-refractivity contribution is -0.297. The Labute approximate surface area is 116 Å². The van der Waals surface area contributed by atoms with Gasteiger partial charge in [-0.15, -0.1) is 0 Å². The lowest BCUT2D eigenvalue weighted by atomic mass is 10.2. The van der Waals surface area contributed by atoms with E-state index in [1.54, 1.807) is 0 Å². The molecule has 1 amide bonds. The maximum absolute atomic E-state index is 11.5. The Morgan fingerprint density at radius 3 is 2.40 bits per heavy atom. The van der Waals surface area contributed by atoms with E-state index >= 15 is 0 Å². The average molecular weight is 276 g/mol. The lowest BCUT2D eigenvalue weighted by Crippen LogP contribution is -2.20. The van der Waals surface area contributed by atoms with Crippen LogP contribution in [0.4, 0.5) is 5.69 Å². The molecule has 1 rings (SSSR count). The summed E-state index contributed by atoms with van der Waals surface area (Å²) in [4.78, 5) is 33.0. The highest BCUT2D eigenvalue weighted by molar-refractivity contribution is 6.02. The predicted octanol–water partition coefficient (Wildman–Crippen LogP) is 0.498. The first-order valence-corrected chi connectivity index (χ1v) is 6.00. The van der Waals surface area contributed by atoms with Crippen molar-refractivity contribution in [3.8, 4) is 0 Å². The van der Waals surface area contributed by atoms with E-state index in [1.165, 1.54) is 24.3 Å². The smallest absolute Gasteiger partial charge is 0.338 e. The monoisotopic (exact) mass is 276 g/mol. The molecule has 0 saturated heterocycles. The molecule has 0 bridgehead atoms. The van der Waals surface area contributed by atoms with Gasteiger partial charge in [0.15, 0.2) is 0 Å². The van der Waals surface area contributed by atoms with Gasteiger partial charge in [0.2, 0.25) is 5.91 Å². The summed E-state index contributed by atoms with van der Waals surface area (Å²) < 4.78 is 4.95. The fraction of sp³-hybridized carbons (Fsp3) is 0.214. The Morgan fingerprint density at radius 2 is 1.85 bits per heavy atom. The molecule has 0 spiro atoms. The Bertz CT molecular complexity index is 519. The van der Waals surface area contributed by atoms with Crippen molar-refractivity contribution in [1.82, 2.24) is 0 Å². The van der Waals surface area contributed by atoms with Gasteiger partial charge in [0, 0.05) is 11.8 Å². The number of esters is 1. The van der Waals surface area contributed by atoms with E-state index in [4.69, 9.17) is 4.74 Å². The molecule has 0 fully saturated rings. The normalized spacial score (nSPS) is 10.2. The van der Waals surface area contributed by atoms with Crippen LogP contribution in [0.15, 0.2) is 36.4 Å². The van der Waals surface area contributed by atoms with Crippen molar-refractivity contribution in [2.75, 3.05) is 11.9 Å². The first-order chi connectivity index (χ1) is 9.52. The van der Waals surface area contributed by atoms with Crippen LogP contribution in [-0.4, -0.2) is 24.5 Å². The number of carboxylic acids is 1. The third-order valence-electron chi connectivity index (χ3n) is 2.20. The molecule has 0 unspecified atom stereocenters. The van der Waals surface area contributed by atoms with Crippen LogP contribution in [0, 0.1) is 0 Å². The maximum Gasteiger partial charge on any atom is 0.338 e. The molecule has 0 aliphatic rings. The summed E-state index contributed by atoms with van der Waals surface area (Å²) in [6.07, 6.45) is 2.22. The van der Waals surface area contributed by atoms with E-state index in [0.29, 0.717) is 23.9 Å². The number of amides is 1. The molecule has 1 N–H and O–H groups in total. The van der Waals surface area contributed by atoms with Crippen LogP contribution in [0.1, 0.15) is 23.7 Å². The van der Waals surface area contributed by atoms with E-state index in [2.05, 4.69) is 5.32 Å². The molecule has 106 valence electrons. The quantitative estimate of drug-likeness (QED) is 0.603. The third-order valence-corrected chi connectivity index (χ3v) is 2.20. The van der Waals surface area contributed by atoms with Gasteiger partial charge in [0.25, 0.3) is 0 Å². The van der Waals surface area contributed by atoms with Crippen molar-refractivity contribution in [3.05, 3.63) is 42.0 Å². The summed E-state index contributed by atoms with van der Waals surface area (Å²) in [5, 5.41) is 12.6.